The monoisotopic (exact) mass is 433 g/mol. The Morgan fingerprint density at radius 1 is 1.32 bits per heavy atom. The van der Waals surface area contributed by atoms with Gasteiger partial charge < -0.3 is 27.5 Å². The van der Waals surface area contributed by atoms with E-state index in [1.54, 1.807) is 6.92 Å². The number of hydrogen-bond acceptors (Lipinski definition) is 6. The van der Waals surface area contributed by atoms with E-state index in [9.17, 15) is 14.4 Å². The third-order valence-electron chi connectivity index (χ3n) is 6.53. The van der Waals surface area contributed by atoms with Crippen LogP contribution in [0.15, 0.2) is 15.7 Å². The molecule has 10 nitrogen and oxygen atoms in total. The number of urea groups is 1. The number of aryl methyl sites for hydroxylation is 1. The highest BCUT2D eigenvalue weighted by molar-refractivity contribution is 5.87. The quantitative estimate of drug-likeness (QED) is 0.476. The highest BCUT2D eigenvalue weighted by Gasteiger charge is 2.37. The van der Waals surface area contributed by atoms with Gasteiger partial charge in [-0.05, 0) is 37.7 Å². The Kier molecular flexibility index (Phi) is 5.16. The highest BCUT2D eigenvalue weighted by Crippen LogP contribution is 2.40. The van der Waals surface area contributed by atoms with Gasteiger partial charge in [-0.2, -0.15) is 4.68 Å². The molecule has 168 valence electrons. The minimum atomic E-state index is -0.710. The summed E-state index contributed by atoms with van der Waals surface area (Å²) in [7, 11) is 0. The normalized spacial score (nSPS) is 22.1. The second-order valence-corrected chi connectivity index (χ2v) is 8.74. The van der Waals surface area contributed by atoms with Crippen LogP contribution in [0.1, 0.15) is 31.4 Å². The zero-order chi connectivity index (χ0) is 22.6. The number of nitrogens with two attached hydrogens (primary N) is 3. The number of benzene rings is 1. The number of fused-ring (bicyclic) bond motifs is 1. The van der Waals surface area contributed by atoms with Gasteiger partial charge in [-0.3, -0.25) is 9.36 Å². The van der Waals surface area contributed by atoms with Crippen LogP contribution in [-0.4, -0.2) is 41.0 Å². The topological polar surface area (TPSA) is 154 Å². The molecule has 1 saturated carbocycles. The Labute approximate surface area is 177 Å². The zero-order valence-corrected chi connectivity index (χ0v) is 17.6. The van der Waals surface area contributed by atoms with E-state index in [0.29, 0.717) is 34.5 Å². The molecule has 7 N–H and O–H groups in total. The van der Waals surface area contributed by atoms with Gasteiger partial charge in [0.2, 0.25) is 0 Å². The fourth-order valence-corrected chi connectivity index (χ4v) is 4.82. The van der Waals surface area contributed by atoms with Crippen LogP contribution in [0.25, 0.3) is 10.9 Å². The number of rotatable bonds is 5. The Hall–Kier alpha value is -3.08. The Bertz CT molecular complexity index is 1170. The van der Waals surface area contributed by atoms with Crippen molar-refractivity contribution in [2.24, 2.45) is 23.3 Å². The maximum absolute atomic E-state index is 15.3. The van der Waals surface area contributed by atoms with Crippen molar-refractivity contribution in [2.45, 2.75) is 38.8 Å². The molecule has 3 atom stereocenters. The van der Waals surface area contributed by atoms with Crippen LogP contribution in [0.5, 0.6) is 0 Å². The highest BCUT2D eigenvalue weighted by atomic mass is 19.1. The average Bonchev–Trinajstić information content (AvgIpc) is 3.47. The fraction of sp³-hybridized carbons (Fsp3) is 0.550. The summed E-state index contributed by atoms with van der Waals surface area (Å²) in [5.74, 6) is 5.28. The predicted molar refractivity (Wildman–Crippen MR) is 116 cm³/mol. The Morgan fingerprint density at radius 3 is 2.61 bits per heavy atom. The van der Waals surface area contributed by atoms with Gasteiger partial charge >= 0.3 is 11.7 Å². The summed E-state index contributed by atoms with van der Waals surface area (Å²) >= 11 is 0. The molecule has 2 aliphatic rings. The van der Waals surface area contributed by atoms with Crippen LogP contribution in [-0.2, 0) is 0 Å². The third-order valence-corrected chi connectivity index (χ3v) is 6.53. The van der Waals surface area contributed by atoms with E-state index < -0.39 is 23.1 Å². The molecule has 1 aliphatic carbocycles. The van der Waals surface area contributed by atoms with Gasteiger partial charge in [-0.15, -0.1) is 0 Å². The van der Waals surface area contributed by atoms with Gasteiger partial charge in [0.1, 0.15) is 5.82 Å². The standard InChI is InChI=1S/C20H28FN7O3/c1-9-7-26(8-13(9)15(22)6-25-19(23)30)17-10(2)16-12(5-14(17)21)18(29)28(24)20(31)27(16)11-3-4-11/h5,9,11,13,15H,3-4,6-8,22,24H2,1-2H3,(H3,23,25,30)/t9-,13-,15-/m0/s1. The molecular formula is C20H28FN7O3. The lowest BCUT2D eigenvalue weighted by Crippen LogP contribution is -2.46. The Balaban J connectivity index is 1.78. The lowest BCUT2D eigenvalue weighted by Gasteiger charge is -2.25. The summed E-state index contributed by atoms with van der Waals surface area (Å²) in [6, 6.07) is 0.151. The summed E-state index contributed by atoms with van der Waals surface area (Å²) < 4.78 is 17.4. The van der Waals surface area contributed by atoms with E-state index in [1.807, 2.05) is 11.8 Å². The van der Waals surface area contributed by atoms with Crippen LogP contribution < -0.4 is 38.8 Å². The minimum Gasteiger partial charge on any atom is -0.368 e. The van der Waals surface area contributed by atoms with Gasteiger partial charge in [-0.25, -0.2) is 14.0 Å². The number of nitrogens with zero attached hydrogens (tertiary/aromatic N) is 3. The molecule has 1 aliphatic heterocycles. The smallest absolute Gasteiger partial charge is 0.350 e. The summed E-state index contributed by atoms with van der Waals surface area (Å²) in [5, 5.41) is 2.62. The third kappa shape index (κ3) is 3.52. The molecule has 11 heteroatoms. The van der Waals surface area contributed by atoms with E-state index in [0.717, 1.165) is 12.8 Å². The molecule has 1 saturated heterocycles. The summed E-state index contributed by atoms with van der Waals surface area (Å²) in [6.45, 7) is 5.02. The summed E-state index contributed by atoms with van der Waals surface area (Å²) in [6.07, 6.45) is 1.62. The van der Waals surface area contributed by atoms with Gasteiger partial charge in [-0.1, -0.05) is 6.92 Å². The molecule has 4 rings (SSSR count). The van der Waals surface area contributed by atoms with E-state index in [1.165, 1.54) is 10.6 Å². The van der Waals surface area contributed by atoms with Gasteiger partial charge in [0.05, 0.1) is 16.6 Å². The molecule has 0 radical (unpaired) electrons. The molecule has 2 aromatic rings. The van der Waals surface area contributed by atoms with E-state index in [4.69, 9.17) is 17.3 Å². The van der Waals surface area contributed by atoms with Crippen molar-refractivity contribution in [3.8, 4) is 0 Å². The van der Waals surface area contributed by atoms with Crippen molar-refractivity contribution >= 4 is 22.6 Å². The van der Waals surface area contributed by atoms with Crippen LogP contribution in [0.2, 0.25) is 0 Å². The number of nitrogens with one attached hydrogen (secondary N) is 1. The molecule has 0 bridgehead atoms. The fourth-order valence-electron chi connectivity index (χ4n) is 4.82. The number of primary amides is 1. The summed E-state index contributed by atoms with van der Waals surface area (Å²) in [4.78, 5) is 38.2. The molecular weight excluding hydrogens is 405 g/mol. The van der Waals surface area contributed by atoms with Crippen molar-refractivity contribution in [2.75, 3.05) is 30.4 Å². The van der Waals surface area contributed by atoms with Crippen molar-refractivity contribution in [1.29, 1.82) is 0 Å². The zero-order valence-electron chi connectivity index (χ0n) is 17.6. The van der Waals surface area contributed by atoms with Gasteiger partial charge in [0, 0.05) is 37.3 Å². The number of hydrogen-bond donors (Lipinski definition) is 4. The molecule has 2 heterocycles. The van der Waals surface area contributed by atoms with Crippen LogP contribution >= 0.6 is 0 Å². The first kappa shape index (κ1) is 21.2. The maximum atomic E-state index is 15.3. The maximum Gasteiger partial charge on any atom is 0.350 e. The number of anilines is 1. The van der Waals surface area contributed by atoms with Crippen molar-refractivity contribution in [1.82, 2.24) is 14.6 Å². The molecule has 1 aromatic heterocycles. The minimum absolute atomic E-state index is 0.00372. The van der Waals surface area contributed by atoms with E-state index in [-0.39, 0.29) is 35.9 Å². The molecule has 2 fully saturated rings. The summed E-state index contributed by atoms with van der Waals surface area (Å²) in [5.41, 5.74) is 11.4. The van der Waals surface area contributed by atoms with E-state index in [2.05, 4.69) is 5.32 Å². The first-order chi connectivity index (χ1) is 14.6. The van der Waals surface area contributed by atoms with Crippen LogP contribution in [0.3, 0.4) is 0 Å². The van der Waals surface area contributed by atoms with Crippen LogP contribution in [0.4, 0.5) is 14.9 Å². The number of amides is 2. The number of aromatic nitrogens is 2. The molecule has 2 amide bonds. The van der Waals surface area contributed by atoms with Gasteiger partial charge in [0.15, 0.2) is 0 Å². The van der Waals surface area contributed by atoms with Crippen molar-refractivity contribution in [3.63, 3.8) is 0 Å². The second-order valence-electron chi connectivity index (χ2n) is 8.74. The second kappa shape index (κ2) is 7.56. The lowest BCUT2D eigenvalue weighted by molar-refractivity contribution is 0.246. The van der Waals surface area contributed by atoms with E-state index >= 15 is 4.39 Å². The average molecular weight is 433 g/mol. The van der Waals surface area contributed by atoms with Crippen molar-refractivity contribution in [3.05, 3.63) is 38.3 Å². The molecule has 0 spiro atoms. The number of halogens is 1. The lowest BCUT2D eigenvalue weighted by atomic mass is 9.91. The number of carbonyl (C=O) groups is 1. The molecule has 31 heavy (non-hydrogen) atoms. The molecule has 0 unspecified atom stereocenters. The Morgan fingerprint density at radius 2 is 2.00 bits per heavy atom. The predicted octanol–water partition coefficient (Wildman–Crippen LogP) is -0.273. The first-order valence-electron chi connectivity index (χ1n) is 10.4. The van der Waals surface area contributed by atoms with Crippen LogP contribution in [0, 0.1) is 24.6 Å². The largest absolute Gasteiger partial charge is 0.368 e. The first-order valence-corrected chi connectivity index (χ1v) is 10.4. The SMILES string of the molecule is Cc1c(N2C[C@H]([C@@H](N)CNC(N)=O)[C@@H](C)C2)c(F)cc2c(=O)n(N)c(=O)n(C3CC3)c12. The number of carbonyl (C=O) groups excluding carboxylic acids is 1. The van der Waals surface area contributed by atoms with Gasteiger partial charge in [0.25, 0.3) is 5.56 Å². The number of nitrogen functional groups attached to an aromatic ring is 1. The molecule has 1 aromatic carbocycles. The van der Waals surface area contributed by atoms with Crippen molar-refractivity contribution < 1.29 is 9.18 Å².